The zero-order chi connectivity index (χ0) is 31.9. The number of carbonyl (C=O) groups is 4. The molecule has 0 spiro atoms. The van der Waals surface area contributed by atoms with Crippen molar-refractivity contribution in [1.82, 2.24) is 0 Å². The second-order valence-electron chi connectivity index (χ2n) is 10.3. The Morgan fingerprint density at radius 2 is 0.537 bits per heavy atom. The van der Waals surface area contributed by atoms with Crippen LogP contribution in [0.4, 0.5) is 0 Å². The zero-order valence-electron chi connectivity index (χ0n) is 27.5. The molecule has 0 aromatic rings. The molecule has 0 saturated heterocycles. The van der Waals surface area contributed by atoms with Gasteiger partial charge in [-0.2, -0.15) is 0 Å². The number of hydrogen-bond acceptors (Lipinski definition) is 4. The van der Waals surface area contributed by atoms with E-state index in [-0.39, 0.29) is 46.1 Å². The molecular formula is C32H64NbO8. The van der Waals surface area contributed by atoms with Crippen molar-refractivity contribution in [1.29, 1.82) is 0 Å². The number of rotatable bonds is 20. The molecule has 4 N–H and O–H groups in total. The van der Waals surface area contributed by atoms with Gasteiger partial charge >= 0.3 is 23.9 Å². The Hall–Kier alpha value is -1.38. The van der Waals surface area contributed by atoms with Crippen LogP contribution in [0.1, 0.15) is 158 Å². The van der Waals surface area contributed by atoms with Gasteiger partial charge in [0.05, 0.1) is 23.7 Å². The molecule has 0 amide bonds. The molecule has 0 fully saturated rings. The molecule has 0 bridgehead atoms. The number of carboxylic acid groups (broad SMARTS) is 4. The molecule has 41 heavy (non-hydrogen) atoms. The molecule has 4 unspecified atom stereocenters. The second kappa shape index (κ2) is 36.6. The van der Waals surface area contributed by atoms with Crippen LogP contribution in [-0.4, -0.2) is 44.3 Å². The number of aliphatic carboxylic acids is 4. The van der Waals surface area contributed by atoms with Gasteiger partial charge in [0.1, 0.15) is 0 Å². The first-order valence-corrected chi connectivity index (χ1v) is 15.8. The summed E-state index contributed by atoms with van der Waals surface area (Å²) in [6.07, 6.45) is 14.9. The van der Waals surface area contributed by atoms with Gasteiger partial charge in [0.2, 0.25) is 0 Å². The van der Waals surface area contributed by atoms with Crippen LogP contribution in [0.3, 0.4) is 0 Å². The Labute approximate surface area is 267 Å². The van der Waals surface area contributed by atoms with Gasteiger partial charge in [0.25, 0.3) is 0 Å². The van der Waals surface area contributed by atoms with Gasteiger partial charge in [-0.1, -0.05) is 107 Å². The molecule has 0 aliphatic heterocycles. The van der Waals surface area contributed by atoms with E-state index in [4.69, 9.17) is 20.4 Å². The smallest absolute Gasteiger partial charge is 0.306 e. The van der Waals surface area contributed by atoms with E-state index in [9.17, 15) is 19.2 Å². The van der Waals surface area contributed by atoms with Gasteiger partial charge in [-0.25, -0.2) is 0 Å². The molecular weight excluding hydrogens is 605 g/mol. The molecule has 9 heteroatoms. The summed E-state index contributed by atoms with van der Waals surface area (Å²) in [5.41, 5.74) is 0. The minimum absolute atomic E-state index is 0. The third kappa shape index (κ3) is 34.7. The summed E-state index contributed by atoms with van der Waals surface area (Å²) in [7, 11) is 0. The molecule has 0 aliphatic carbocycles. The van der Waals surface area contributed by atoms with Gasteiger partial charge in [0, 0.05) is 22.4 Å². The number of carboxylic acids is 4. The maximum atomic E-state index is 10.4. The molecule has 1 radical (unpaired) electrons. The molecule has 0 saturated carbocycles. The number of hydrogen-bond donors (Lipinski definition) is 4. The van der Waals surface area contributed by atoms with Gasteiger partial charge < -0.3 is 20.4 Å². The first-order chi connectivity index (χ1) is 18.9. The average Bonchev–Trinajstić information content (AvgIpc) is 2.91. The quantitative estimate of drug-likeness (QED) is 0.0938. The summed E-state index contributed by atoms with van der Waals surface area (Å²) >= 11 is 0. The van der Waals surface area contributed by atoms with Crippen LogP contribution in [0.2, 0.25) is 0 Å². The summed E-state index contributed by atoms with van der Waals surface area (Å²) in [4.78, 5) is 41.7. The predicted molar refractivity (Wildman–Crippen MR) is 164 cm³/mol. The summed E-state index contributed by atoms with van der Waals surface area (Å²) in [5.74, 6) is -3.02. The Morgan fingerprint density at radius 3 is 0.610 bits per heavy atom. The summed E-state index contributed by atoms with van der Waals surface area (Å²) in [6.45, 7) is 16.0. The standard InChI is InChI=1S/4C8H16O2.Nb/c4*1-3-5-6-7(4-2)8(9)10;/h4*7H,3-6H2,1-2H3,(H,9,10);. The molecule has 0 aromatic carbocycles. The fraction of sp³-hybridized carbons (Fsp3) is 0.875. The van der Waals surface area contributed by atoms with E-state index in [0.717, 1.165) is 103 Å². The maximum absolute atomic E-state index is 10.4. The topological polar surface area (TPSA) is 149 Å². The molecule has 245 valence electrons. The second-order valence-corrected chi connectivity index (χ2v) is 10.3. The van der Waals surface area contributed by atoms with Crippen LogP contribution >= 0.6 is 0 Å². The maximum Gasteiger partial charge on any atom is 0.306 e. The normalized spacial score (nSPS) is 12.7. The summed E-state index contributed by atoms with van der Waals surface area (Å²) < 4.78 is 0. The SMILES string of the molecule is CCCCC(CC)C(=O)O.CCCCC(CC)C(=O)O.CCCCC(CC)C(=O)O.CCCCC(CC)C(=O)O.[Nb]. The first-order valence-electron chi connectivity index (χ1n) is 15.8. The monoisotopic (exact) mass is 669 g/mol. The Morgan fingerprint density at radius 1 is 0.390 bits per heavy atom. The van der Waals surface area contributed by atoms with E-state index in [2.05, 4.69) is 27.7 Å². The number of unbranched alkanes of at least 4 members (excludes halogenated alkanes) is 4. The average molecular weight is 670 g/mol. The third-order valence-corrected chi connectivity index (χ3v) is 6.99. The first kappa shape index (κ1) is 49.3. The minimum Gasteiger partial charge on any atom is -0.481 e. The molecule has 8 nitrogen and oxygen atoms in total. The molecule has 0 aromatic heterocycles. The van der Waals surface area contributed by atoms with Crippen LogP contribution in [0.5, 0.6) is 0 Å². The van der Waals surface area contributed by atoms with E-state index in [1.807, 2.05) is 27.7 Å². The summed E-state index contributed by atoms with van der Waals surface area (Å²) in [6, 6.07) is 0. The molecule has 0 aliphatic rings. The summed E-state index contributed by atoms with van der Waals surface area (Å²) in [5, 5.41) is 34.4. The van der Waals surface area contributed by atoms with E-state index in [1.54, 1.807) is 0 Å². The van der Waals surface area contributed by atoms with Crippen molar-refractivity contribution >= 4 is 23.9 Å². The minimum atomic E-state index is -0.643. The van der Waals surface area contributed by atoms with E-state index < -0.39 is 23.9 Å². The zero-order valence-corrected chi connectivity index (χ0v) is 29.7. The van der Waals surface area contributed by atoms with Crippen molar-refractivity contribution in [3.63, 3.8) is 0 Å². The predicted octanol–water partition coefficient (Wildman–Crippen LogP) is 9.15. The largest absolute Gasteiger partial charge is 0.481 e. The van der Waals surface area contributed by atoms with Gasteiger partial charge in [-0.3, -0.25) is 19.2 Å². The van der Waals surface area contributed by atoms with Crippen LogP contribution < -0.4 is 0 Å². The van der Waals surface area contributed by atoms with Gasteiger partial charge in [0.15, 0.2) is 0 Å². The van der Waals surface area contributed by atoms with Crippen molar-refractivity contribution < 1.29 is 62.0 Å². The molecule has 4 atom stereocenters. The van der Waals surface area contributed by atoms with Crippen LogP contribution in [-0.2, 0) is 41.6 Å². The Kier molecular flexibility index (Phi) is 44.1. The van der Waals surface area contributed by atoms with E-state index >= 15 is 0 Å². The molecule has 0 rings (SSSR count). The fourth-order valence-corrected chi connectivity index (χ4v) is 3.81. The van der Waals surface area contributed by atoms with Gasteiger partial charge in [-0.05, 0) is 51.4 Å². The fourth-order valence-electron chi connectivity index (χ4n) is 3.81. The van der Waals surface area contributed by atoms with Crippen LogP contribution in [0.25, 0.3) is 0 Å². The van der Waals surface area contributed by atoms with Crippen LogP contribution in [0, 0.1) is 23.7 Å². The Balaban J connectivity index is -0.000000139. The van der Waals surface area contributed by atoms with Crippen molar-refractivity contribution in [2.45, 2.75) is 158 Å². The van der Waals surface area contributed by atoms with Crippen molar-refractivity contribution in [2.24, 2.45) is 23.7 Å². The Bertz CT molecular complexity index is 509. The van der Waals surface area contributed by atoms with Crippen molar-refractivity contribution in [3.8, 4) is 0 Å². The van der Waals surface area contributed by atoms with Crippen molar-refractivity contribution in [3.05, 3.63) is 0 Å². The molecule has 0 heterocycles. The van der Waals surface area contributed by atoms with Crippen LogP contribution in [0.15, 0.2) is 0 Å². The van der Waals surface area contributed by atoms with E-state index in [1.165, 1.54) is 0 Å². The van der Waals surface area contributed by atoms with E-state index in [0.29, 0.717) is 0 Å². The third-order valence-electron chi connectivity index (χ3n) is 6.99. The van der Waals surface area contributed by atoms with Gasteiger partial charge in [-0.15, -0.1) is 0 Å². The van der Waals surface area contributed by atoms with Crippen molar-refractivity contribution in [2.75, 3.05) is 0 Å².